The fraction of sp³-hybridized carbons (Fsp3) is 0.588. The van der Waals surface area contributed by atoms with Crippen LogP contribution < -0.4 is 10.2 Å². The Morgan fingerprint density at radius 3 is 2.48 bits per heavy atom. The number of nitrogens with one attached hydrogen (secondary N) is 1. The second kappa shape index (κ2) is 6.76. The Balaban J connectivity index is 1.71. The molecule has 2 N–H and O–H groups in total. The van der Waals surface area contributed by atoms with Gasteiger partial charge in [0.15, 0.2) is 0 Å². The number of likely N-dealkylation sites (N-methyl/N-ethyl adjacent to an activating group) is 1. The summed E-state index contributed by atoms with van der Waals surface area (Å²) in [6.07, 6.45) is 0. The highest BCUT2D eigenvalue weighted by Gasteiger charge is 2.23. The minimum absolute atomic E-state index is 0.357. The number of benzene rings is 1. The van der Waals surface area contributed by atoms with Gasteiger partial charge >= 0.3 is 5.97 Å². The third-order valence-electron chi connectivity index (χ3n) is 4.82. The van der Waals surface area contributed by atoms with Crippen LogP contribution in [0.2, 0.25) is 0 Å². The van der Waals surface area contributed by atoms with Gasteiger partial charge in [-0.15, -0.1) is 0 Å². The molecule has 6 heteroatoms. The fourth-order valence-electron chi connectivity index (χ4n) is 3.34. The van der Waals surface area contributed by atoms with Crippen molar-refractivity contribution in [2.45, 2.75) is 0 Å². The lowest BCUT2D eigenvalue weighted by atomic mass is 10.0. The molecule has 6 nitrogen and oxygen atoms in total. The Hall–Kier alpha value is -1.79. The molecular weight excluding hydrogens is 292 g/mol. The van der Waals surface area contributed by atoms with Crippen molar-refractivity contribution in [3.63, 3.8) is 0 Å². The van der Waals surface area contributed by atoms with Gasteiger partial charge in [-0.1, -0.05) is 0 Å². The van der Waals surface area contributed by atoms with Gasteiger partial charge in [0.25, 0.3) is 0 Å². The van der Waals surface area contributed by atoms with Gasteiger partial charge in [-0.2, -0.15) is 0 Å². The predicted octanol–water partition coefficient (Wildman–Crippen LogP) is 1.11. The van der Waals surface area contributed by atoms with Crippen LogP contribution in [0.15, 0.2) is 18.2 Å². The third-order valence-corrected chi connectivity index (χ3v) is 4.82. The summed E-state index contributed by atoms with van der Waals surface area (Å²) in [5.74, 6) is -0.267. The van der Waals surface area contributed by atoms with Crippen molar-refractivity contribution < 1.29 is 9.90 Å². The van der Waals surface area contributed by atoms with Crippen LogP contribution in [0.25, 0.3) is 0 Å². The highest BCUT2D eigenvalue weighted by Crippen LogP contribution is 2.26. The van der Waals surface area contributed by atoms with Gasteiger partial charge in [-0.25, -0.2) is 4.79 Å². The van der Waals surface area contributed by atoms with Crippen LogP contribution in [0.5, 0.6) is 0 Å². The van der Waals surface area contributed by atoms with Crippen LogP contribution in [0, 0.1) is 5.92 Å². The molecule has 1 aromatic rings. The summed E-state index contributed by atoms with van der Waals surface area (Å²) in [5, 5.41) is 12.8. The van der Waals surface area contributed by atoms with E-state index in [2.05, 4.69) is 34.1 Å². The number of piperazine rings is 1. The standard InChI is InChI=1S/C17H26N4O2/c1-19-5-7-21(8-6-19)14-3-4-15(17(22)23)16(9-14)18-10-13-11-20(2)12-13/h3-4,9,13,18H,5-8,10-12H2,1-2H3,(H,22,23). The van der Waals surface area contributed by atoms with E-state index in [0.717, 1.165) is 57.2 Å². The Labute approximate surface area is 137 Å². The van der Waals surface area contributed by atoms with E-state index in [1.165, 1.54) is 0 Å². The third kappa shape index (κ3) is 3.76. The van der Waals surface area contributed by atoms with Crippen molar-refractivity contribution in [2.75, 3.05) is 70.1 Å². The summed E-state index contributed by atoms with van der Waals surface area (Å²) in [6, 6.07) is 5.65. The second-order valence-corrected chi connectivity index (χ2v) is 6.79. The van der Waals surface area contributed by atoms with Crippen LogP contribution in [0.3, 0.4) is 0 Å². The van der Waals surface area contributed by atoms with E-state index in [4.69, 9.17) is 0 Å². The number of aromatic carboxylic acids is 1. The number of carboxylic acid groups (broad SMARTS) is 1. The van der Waals surface area contributed by atoms with E-state index in [1.807, 2.05) is 12.1 Å². The zero-order valence-electron chi connectivity index (χ0n) is 14.0. The molecule has 0 aliphatic carbocycles. The number of hydrogen-bond donors (Lipinski definition) is 2. The highest BCUT2D eigenvalue weighted by atomic mass is 16.4. The molecular formula is C17H26N4O2. The number of carbonyl (C=O) groups is 1. The molecule has 2 saturated heterocycles. The summed E-state index contributed by atoms with van der Waals surface area (Å²) in [4.78, 5) is 18.4. The Kier molecular flexibility index (Phi) is 4.73. The first kappa shape index (κ1) is 16.1. The van der Waals surface area contributed by atoms with E-state index in [-0.39, 0.29) is 0 Å². The Morgan fingerprint density at radius 2 is 1.87 bits per heavy atom. The summed E-state index contributed by atoms with van der Waals surface area (Å²) in [7, 11) is 4.24. The van der Waals surface area contributed by atoms with E-state index < -0.39 is 5.97 Å². The van der Waals surface area contributed by atoms with E-state index >= 15 is 0 Å². The van der Waals surface area contributed by atoms with Crippen LogP contribution in [-0.2, 0) is 0 Å². The van der Waals surface area contributed by atoms with Crippen LogP contribution in [0.4, 0.5) is 11.4 Å². The molecule has 2 aliphatic heterocycles. The first-order valence-corrected chi connectivity index (χ1v) is 8.26. The average Bonchev–Trinajstić information content (AvgIpc) is 2.50. The molecule has 0 unspecified atom stereocenters. The zero-order chi connectivity index (χ0) is 16.4. The van der Waals surface area contributed by atoms with E-state index in [0.29, 0.717) is 11.5 Å². The average molecular weight is 318 g/mol. The van der Waals surface area contributed by atoms with Crippen molar-refractivity contribution in [1.29, 1.82) is 0 Å². The van der Waals surface area contributed by atoms with Crippen molar-refractivity contribution in [3.05, 3.63) is 23.8 Å². The minimum Gasteiger partial charge on any atom is -0.478 e. The van der Waals surface area contributed by atoms with Gasteiger partial charge in [0.1, 0.15) is 0 Å². The second-order valence-electron chi connectivity index (χ2n) is 6.79. The summed E-state index contributed by atoms with van der Waals surface area (Å²) in [6.45, 7) is 7.03. The molecule has 1 aromatic carbocycles. The maximum Gasteiger partial charge on any atom is 0.337 e. The number of rotatable bonds is 5. The molecule has 3 rings (SSSR count). The van der Waals surface area contributed by atoms with E-state index in [1.54, 1.807) is 6.07 Å². The van der Waals surface area contributed by atoms with Crippen molar-refractivity contribution >= 4 is 17.3 Å². The minimum atomic E-state index is -0.872. The molecule has 2 heterocycles. The topological polar surface area (TPSA) is 59.1 Å². The zero-order valence-corrected chi connectivity index (χ0v) is 14.0. The fourth-order valence-corrected chi connectivity index (χ4v) is 3.34. The number of likely N-dealkylation sites (tertiary alicyclic amines) is 1. The first-order valence-electron chi connectivity index (χ1n) is 8.26. The molecule has 0 radical (unpaired) electrons. The lowest BCUT2D eigenvalue weighted by Crippen LogP contribution is -2.46. The molecule has 2 aliphatic rings. The van der Waals surface area contributed by atoms with Gasteiger partial charge in [-0.05, 0) is 32.3 Å². The number of hydrogen-bond acceptors (Lipinski definition) is 5. The van der Waals surface area contributed by atoms with Crippen molar-refractivity contribution in [1.82, 2.24) is 9.80 Å². The van der Waals surface area contributed by atoms with Gasteiger partial charge < -0.3 is 25.1 Å². The molecule has 126 valence electrons. The SMILES string of the molecule is CN1CCN(c2ccc(C(=O)O)c(NCC3CN(C)C3)c2)CC1. The molecule has 0 saturated carbocycles. The maximum atomic E-state index is 11.5. The lowest BCUT2D eigenvalue weighted by molar-refractivity contribution is 0.0698. The summed E-state index contributed by atoms with van der Waals surface area (Å²) in [5.41, 5.74) is 2.20. The monoisotopic (exact) mass is 318 g/mol. The molecule has 0 bridgehead atoms. The molecule has 0 aromatic heterocycles. The van der Waals surface area contributed by atoms with Crippen LogP contribution in [0.1, 0.15) is 10.4 Å². The van der Waals surface area contributed by atoms with Crippen LogP contribution in [-0.4, -0.2) is 80.8 Å². The smallest absolute Gasteiger partial charge is 0.337 e. The predicted molar refractivity (Wildman–Crippen MR) is 92.6 cm³/mol. The molecule has 0 atom stereocenters. The Bertz CT molecular complexity index is 564. The summed E-state index contributed by atoms with van der Waals surface area (Å²) < 4.78 is 0. The molecule has 0 spiro atoms. The Morgan fingerprint density at radius 1 is 1.17 bits per heavy atom. The summed E-state index contributed by atoms with van der Waals surface area (Å²) >= 11 is 0. The van der Waals surface area contributed by atoms with Gasteiger partial charge in [0, 0.05) is 57.4 Å². The van der Waals surface area contributed by atoms with Crippen molar-refractivity contribution in [2.24, 2.45) is 5.92 Å². The molecule has 0 amide bonds. The first-order chi connectivity index (χ1) is 11.0. The lowest BCUT2D eigenvalue weighted by Gasteiger charge is -2.37. The van der Waals surface area contributed by atoms with Crippen LogP contribution >= 0.6 is 0 Å². The molecule has 23 heavy (non-hydrogen) atoms. The van der Waals surface area contributed by atoms with Gasteiger partial charge in [0.05, 0.1) is 11.3 Å². The van der Waals surface area contributed by atoms with Crippen molar-refractivity contribution in [3.8, 4) is 0 Å². The maximum absolute atomic E-state index is 11.5. The number of anilines is 2. The van der Waals surface area contributed by atoms with Gasteiger partial charge in [-0.3, -0.25) is 0 Å². The quantitative estimate of drug-likeness (QED) is 0.848. The highest BCUT2D eigenvalue weighted by molar-refractivity contribution is 5.95. The van der Waals surface area contributed by atoms with E-state index in [9.17, 15) is 9.90 Å². The van der Waals surface area contributed by atoms with Gasteiger partial charge in [0.2, 0.25) is 0 Å². The molecule has 2 fully saturated rings. The number of nitrogens with zero attached hydrogens (tertiary/aromatic N) is 3. The number of carboxylic acids is 1. The largest absolute Gasteiger partial charge is 0.478 e. The normalized spacial score (nSPS) is 20.3.